The molecule has 0 radical (unpaired) electrons. The minimum Gasteiger partial charge on any atom is -0.355 e. The van der Waals surface area contributed by atoms with Gasteiger partial charge in [-0.25, -0.2) is 0 Å². The first-order valence-corrected chi connectivity index (χ1v) is 9.60. The largest absolute Gasteiger partial charge is 0.355 e. The van der Waals surface area contributed by atoms with Crippen LogP contribution < -0.4 is 5.32 Å². The molecule has 0 unspecified atom stereocenters. The first kappa shape index (κ1) is 17.7. The van der Waals surface area contributed by atoms with Crippen LogP contribution in [-0.2, 0) is 24.1 Å². The molecule has 5 heteroatoms. The number of carbonyl (C=O) groups excluding carboxylic acids is 2. The average molecular weight is 363 g/mol. The van der Waals surface area contributed by atoms with Gasteiger partial charge in [0.1, 0.15) is 0 Å². The third-order valence-electron chi connectivity index (χ3n) is 6.06. The van der Waals surface area contributed by atoms with Gasteiger partial charge in [-0.15, -0.1) is 0 Å². The van der Waals surface area contributed by atoms with Crippen LogP contribution in [0.25, 0.3) is 0 Å². The highest BCUT2D eigenvalue weighted by molar-refractivity contribution is 5.94. The van der Waals surface area contributed by atoms with Gasteiger partial charge in [0.05, 0.1) is 12.1 Å². The number of benzene rings is 1. The summed E-state index contributed by atoms with van der Waals surface area (Å²) in [4.78, 5) is 30.7. The average Bonchev–Trinajstić information content (AvgIpc) is 3.05. The highest BCUT2D eigenvalue weighted by Gasteiger charge is 2.40. The quantitative estimate of drug-likeness (QED) is 0.911. The van der Waals surface area contributed by atoms with E-state index >= 15 is 0 Å². The van der Waals surface area contributed by atoms with Gasteiger partial charge in [0.2, 0.25) is 5.91 Å². The highest BCUT2D eigenvalue weighted by atomic mass is 16.2. The van der Waals surface area contributed by atoms with E-state index in [9.17, 15) is 9.59 Å². The van der Waals surface area contributed by atoms with Gasteiger partial charge < -0.3 is 10.2 Å². The van der Waals surface area contributed by atoms with E-state index in [1.165, 1.54) is 11.1 Å². The number of nitrogens with one attached hydrogen (secondary N) is 1. The fourth-order valence-corrected chi connectivity index (χ4v) is 4.48. The van der Waals surface area contributed by atoms with E-state index < -0.39 is 0 Å². The zero-order chi connectivity index (χ0) is 18.9. The Morgan fingerprint density at radius 2 is 1.78 bits per heavy atom. The number of amides is 2. The Hall–Kier alpha value is -2.69. The summed E-state index contributed by atoms with van der Waals surface area (Å²) >= 11 is 0. The van der Waals surface area contributed by atoms with Gasteiger partial charge in [-0.2, -0.15) is 0 Å². The number of pyridine rings is 1. The van der Waals surface area contributed by atoms with E-state index in [2.05, 4.69) is 34.6 Å². The summed E-state index contributed by atoms with van der Waals surface area (Å²) in [6.07, 6.45) is 6.23. The second kappa shape index (κ2) is 7.14. The first-order valence-electron chi connectivity index (χ1n) is 9.60. The number of aromatic nitrogens is 1. The molecule has 2 amide bonds. The SMILES string of the molecule is CNC(=O)c1ccnc(CC(=O)N2CCC3(CC2)Cc2ccccc2C3)c1. The van der Waals surface area contributed by atoms with Crippen molar-refractivity contribution in [3.63, 3.8) is 0 Å². The molecule has 5 nitrogen and oxygen atoms in total. The Bertz CT molecular complexity index is 842. The van der Waals surface area contributed by atoms with E-state index in [-0.39, 0.29) is 18.2 Å². The smallest absolute Gasteiger partial charge is 0.251 e. The normalized spacial score (nSPS) is 17.6. The lowest BCUT2D eigenvalue weighted by Crippen LogP contribution is -2.44. The number of nitrogens with zero attached hydrogens (tertiary/aromatic N) is 2. The maximum Gasteiger partial charge on any atom is 0.251 e. The van der Waals surface area contributed by atoms with E-state index in [1.54, 1.807) is 25.4 Å². The summed E-state index contributed by atoms with van der Waals surface area (Å²) in [5.41, 5.74) is 4.48. The van der Waals surface area contributed by atoms with Crippen LogP contribution in [0.5, 0.6) is 0 Å². The Morgan fingerprint density at radius 3 is 2.41 bits per heavy atom. The Labute approximate surface area is 159 Å². The van der Waals surface area contributed by atoms with Crippen molar-refractivity contribution in [2.75, 3.05) is 20.1 Å². The summed E-state index contributed by atoms with van der Waals surface area (Å²) in [6.45, 7) is 1.61. The molecule has 2 aliphatic rings. The molecule has 0 saturated carbocycles. The molecule has 1 aromatic carbocycles. The van der Waals surface area contributed by atoms with Crippen LogP contribution in [0.2, 0.25) is 0 Å². The molecular weight excluding hydrogens is 338 g/mol. The van der Waals surface area contributed by atoms with Crippen LogP contribution in [0.1, 0.15) is 40.0 Å². The van der Waals surface area contributed by atoms with Crippen LogP contribution >= 0.6 is 0 Å². The maximum atomic E-state index is 12.7. The molecule has 2 aromatic rings. The zero-order valence-electron chi connectivity index (χ0n) is 15.7. The number of rotatable bonds is 3. The summed E-state index contributed by atoms with van der Waals surface area (Å²) in [7, 11) is 1.60. The predicted octanol–water partition coefficient (Wildman–Crippen LogP) is 2.39. The van der Waals surface area contributed by atoms with Crippen molar-refractivity contribution < 1.29 is 9.59 Å². The molecule has 0 bridgehead atoms. The summed E-state index contributed by atoms with van der Waals surface area (Å²) in [6, 6.07) is 12.1. The van der Waals surface area contributed by atoms with E-state index in [0.29, 0.717) is 16.7 Å². The van der Waals surface area contributed by atoms with Gasteiger partial charge in [-0.1, -0.05) is 24.3 Å². The molecule has 27 heavy (non-hydrogen) atoms. The summed E-state index contributed by atoms with van der Waals surface area (Å²) in [5, 5.41) is 2.60. The number of piperidine rings is 1. The Kier molecular flexibility index (Phi) is 4.68. The minimum atomic E-state index is -0.160. The van der Waals surface area contributed by atoms with Gasteiger partial charge >= 0.3 is 0 Å². The van der Waals surface area contributed by atoms with Crippen molar-refractivity contribution in [1.82, 2.24) is 15.2 Å². The first-order chi connectivity index (χ1) is 13.1. The highest BCUT2D eigenvalue weighted by Crippen LogP contribution is 2.44. The van der Waals surface area contributed by atoms with Gasteiger partial charge in [0.25, 0.3) is 5.91 Å². The standard InChI is InChI=1S/C22H25N3O2/c1-23-21(27)16-6-9-24-19(12-16)13-20(26)25-10-7-22(8-11-25)14-17-4-2-3-5-18(17)15-22/h2-6,9,12H,7-8,10-11,13-15H2,1H3,(H,23,27). The zero-order valence-corrected chi connectivity index (χ0v) is 15.7. The molecule has 4 rings (SSSR count). The van der Waals surface area contributed by atoms with Crippen LogP contribution in [0.15, 0.2) is 42.6 Å². The number of fused-ring (bicyclic) bond motifs is 1. The van der Waals surface area contributed by atoms with Crippen LogP contribution in [0.4, 0.5) is 0 Å². The molecule has 1 saturated heterocycles. The maximum absolute atomic E-state index is 12.7. The monoisotopic (exact) mass is 363 g/mol. The van der Waals surface area contributed by atoms with Gasteiger partial charge in [-0.05, 0) is 54.4 Å². The van der Waals surface area contributed by atoms with Crippen LogP contribution in [-0.4, -0.2) is 41.8 Å². The predicted molar refractivity (Wildman–Crippen MR) is 103 cm³/mol. The third kappa shape index (κ3) is 3.59. The molecular formula is C22H25N3O2. The molecule has 1 fully saturated rings. The molecule has 0 atom stereocenters. The van der Waals surface area contributed by atoms with Crippen LogP contribution in [0.3, 0.4) is 0 Å². The molecule has 140 valence electrons. The second-order valence-corrected chi connectivity index (χ2v) is 7.79. The number of hydrogen-bond donors (Lipinski definition) is 1. The summed E-state index contributed by atoms with van der Waals surface area (Å²) in [5.74, 6) is -0.0614. The number of hydrogen-bond acceptors (Lipinski definition) is 3. The second-order valence-electron chi connectivity index (χ2n) is 7.79. The molecule has 2 heterocycles. The van der Waals surface area contributed by atoms with E-state index in [4.69, 9.17) is 0 Å². The Morgan fingerprint density at radius 1 is 1.11 bits per heavy atom. The molecule has 1 spiro atoms. The lowest BCUT2D eigenvalue weighted by molar-refractivity contribution is -0.132. The number of likely N-dealkylation sites (tertiary alicyclic amines) is 1. The fourth-order valence-electron chi connectivity index (χ4n) is 4.48. The fraction of sp³-hybridized carbons (Fsp3) is 0.409. The van der Waals surface area contributed by atoms with E-state index in [1.807, 2.05) is 4.90 Å². The van der Waals surface area contributed by atoms with Crippen molar-refractivity contribution in [3.05, 3.63) is 65.0 Å². The molecule has 1 aliphatic carbocycles. The lowest BCUT2D eigenvalue weighted by Gasteiger charge is -2.39. The minimum absolute atomic E-state index is 0.0990. The van der Waals surface area contributed by atoms with Crippen molar-refractivity contribution in [1.29, 1.82) is 0 Å². The third-order valence-corrected chi connectivity index (χ3v) is 6.06. The topological polar surface area (TPSA) is 62.3 Å². The lowest BCUT2D eigenvalue weighted by atomic mass is 9.76. The van der Waals surface area contributed by atoms with Crippen molar-refractivity contribution in [2.45, 2.75) is 32.1 Å². The van der Waals surface area contributed by atoms with Crippen molar-refractivity contribution >= 4 is 11.8 Å². The van der Waals surface area contributed by atoms with Crippen molar-refractivity contribution in [2.24, 2.45) is 5.41 Å². The molecule has 1 N–H and O–H groups in total. The van der Waals surface area contributed by atoms with E-state index in [0.717, 1.165) is 38.8 Å². The van der Waals surface area contributed by atoms with Crippen LogP contribution in [0, 0.1) is 5.41 Å². The molecule has 1 aliphatic heterocycles. The summed E-state index contributed by atoms with van der Waals surface area (Å²) < 4.78 is 0. The molecule has 1 aromatic heterocycles. The Balaban J connectivity index is 1.36. The van der Waals surface area contributed by atoms with Gasteiger partial charge in [0, 0.05) is 31.9 Å². The van der Waals surface area contributed by atoms with Crippen molar-refractivity contribution in [3.8, 4) is 0 Å². The number of carbonyl (C=O) groups is 2. The van der Waals surface area contributed by atoms with Gasteiger partial charge in [0.15, 0.2) is 0 Å². The van der Waals surface area contributed by atoms with Gasteiger partial charge in [-0.3, -0.25) is 14.6 Å².